The van der Waals surface area contributed by atoms with Gasteiger partial charge in [-0.2, -0.15) is 0 Å². The van der Waals surface area contributed by atoms with Gasteiger partial charge in [-0.3, -0.25) is 33.3 Å². The van der Waals surface area contributed by atoms with Crippen molar-refractivity contribution in [1.29, 1.82) is 0 Å². The minimum Gasteiger partial charge on any atom is -0.462 e. The number of hydrogen-bond donors (Lipinski definition) is 4. The van der Waals surface area contributed by atoms with Gasteiger partial charge >= 0.3 is 31.7 Å². The zero-order chi connectivity index (χ0) is 86.7. The Bertz CT molecular complexity index is 2640. The second-order valence-corrected chi connectivity index (χ2v) is 36.4. The van der Waals surface area contributed by atoms with Crippen LogP contribution in [0.4, 0.5) is 5.69 Å². The van der Waals surface area contributed by atoms with Crippen molar-refractivity contribution in [1.82, 2.24) is 5.32 Å². The van der Waals surface area contributed by atoms with Gasteiger partial charge in [0.25, 0.3) is 0 Å². The van der Waals surface area contributed by atoms with E-state index in [4.69, 9.17) is 32.9 Å². The molecule has 1 aliphatic heterocycles. The number of aryl methyl sites for hydroxylation is 1. The molecule has 1 fully saturated rings. The number of nitrogens with zero attached hydrogens (tertiary/aromatic N) is 1. The third-order valence-electron chi connectivity index (χ3n) is 23.8. The van der Waals surface area contributed by atoms with Crippen molar-refractivity contribution in [3.63, 3.8) is 0 Å². The van der Waals surface area contributed by atoms with Crippen LogP contribution in [0.3, 0.4) is 0 Å². The number of esters is 4. The van der Waals surface area contributed by atoms with Crippen LogP contribution >= 0.6 is 7.82 Å². The molecule has 119 heavy (non-hydrogen) atoms. The lowest BCUT2D eigenvalue weighted by Crippen LogP contribution is -2.66. The highest BCUT2D eigenvalue weighted by Gasteiger charge is 2.52. The van der Waals surface area contributed by atoms with Gasteiger partial charge < -0.3 is 53.5 Å². The quantitative estimate of drug-likeness (QED) is 0.0204. The van der Waals surface area contributed by atoms with Crippen LogP contribution in [-0.4, -0.2) is 119 Å². The van der Waals surface area contributed by atoms with Crippen molar-refractivity contribution in [3.05, 3.63) is 29.8 Å². The molecule has 0 radical (unpaired) electrons. The summed E-state index contributed by atoms with van der Waals surface area (Å²) in [5, 5.41) is 14.2. The highest BCUT2D eigenvalue weighted by Crippen LogP contribution is 2.43. The molecule has 20 heteroatoms. The average molecular weight is 1700 g/mol. The highest BCUT2D eigenvalue weighted by molar-refractivity contribution is 7.46. The number of aliphatic hydroxyl groups is 1. The summed E-state index contributed by atoms with van der Waals surface area (Å²) in [4.78, 5) is 110. The largest absolute Gasteiger partial charge is 0.470 e. The molecule has 8 atom stereocenters. The van der Waals surface area contributed by atoms with E-state index in [9.17, 15) is 33.8 Å². The molecule has 0 aromatic heterocycles. The van der Waals surface area contributed by atoms with E-state index in [1.54, 1.807) is 4.90 Å². The van der Waals surface area contributed by atoms with Crippen molar-refractivity contribution in [2.75, 3.05) is 24.7 Å². The molecular weight excluding hydrogens is 1520 g/mol. The predicted octanol–water partition coefficient (Wildman–Crippen LogP) is 26.7. The molecule has 19 nitrogen and oxygen atoms in total. The summed E-state index contributed by atoms with van der Waals surface area (Å²) in [6, 6.07) is 5.85. The summed E-state index contributed by atoms with van der Waals surface area (Å²) in [5.41, 5.74) is 1.42. The van der Waals surface area contributed by atoms with Gasteiger partial charge in [0.2, 0.25) is 11.8 Å². The van der Waals surface area contributed by atoms with E-state index in [-0.39, 0.29) is 57.1 Å². The topological polar surface area (TPSA) is 260 Å². The molecular formula is C99H181N2O17P. The first kappa shape index (κ1) is 111. The average Bonchev–Trinajstić information content (AvgIpc) is 0.779. The Morgan fingerprint density at radius 3 is 1.04 bits per heavy atom. The van der Waals surface area contributed by atoms with Crippen LogP contribution in [0.1, 0.15) is 490 Å². The van der Waals surface area contributed by atoms with Crippen LogP contribution in [0.2, 0.25) is 0 Å². The maximum Gasteiger partial charge on any atom is 0.470 e. The van der Waals surface area contributed by atoms with E-state index in [2.05, 4.69) is 46.9 Å². The Kier molecular flexibility index (Phi) is 72.4. The minimum atomic E-state index is -5.52. The molecule has 0 saturated carbocycles. The van der Waals surface area contributed by atoms with E-state index in [1.807, 2.05) is 31.2 Å². The summed E-state index contributed by atoms with van der Waals surface area (Å²) in [7, 11) is -5.52. The first-order chi connectivity index (χ1) is 57.9. The molecule has 2 rings (SSSR count). The highest BCUT2D eigenvalue weighted by atomic mass is 31.2. The van der Waals surface area contributed by atoms with Crippen LogP contribution in [-0.2, 0) is 66.3 Å². The molecule has 4 N–H and O–H groups in total. The lowest BCUT2D eigenvalue weighted by molar-refractivity contribution is -0.270. The van der Waals surface area contributed by atoms with Crippen molar-refractivity contribution in [2.24, 2.45) is 0 Å². The summed E-state index contributed by atoms with van der Waals surface area (Å²) >= 11 is 0. The van der Waals surface area contributed by atoms with Crippen LogP contribution in [0, 0.1) is 6.92 Å². The summed E-state index contributed by atoms with van der Waals surface area (Å²) < 4.78 is 56.9. The number of ether oxygens (including phenoxy) is 6. The fraction of sp³-hybridized carbons (Fsp3) is 0.879. The van der Waals surface area contributed by atoms with Gasteiger partial charge in [0.15, 0.2) is 12.4 Å². The van der Waals surface area contributed by atoms with Gasteiger partial charge in [-0.1, -0.05) is 400 Å². The smallest absolute Gasteiger partial charge is 0.462 e. The van der Waals surface area contributed by atoms with E-state index in [0.717, 1.165) is 160 Å². The number of aliphatic hydroxyl groups excluding tert-OH is 1. The molecule has 0 bridgehead atoms. The van der Waals surface area contributed by atoms with E-state index >= 15 is 14.4 Å². The lowest BCUT2D eigenvalue weighted by Gasteiger charge is -2.45. The normalized spacial score (nSPS) is 16.3. The number of carbonyl (C=O) groups is 6. The third kappa shape index (κ3) is 62.7. The number of carbonyl (C=O) groups excluding carboxylic acids is 6. The van der Waals surface area contributed by atoms with Gasteiger partial charge in [0.05, 0.1) is 32.5 Å². The molecule has 1 aliphatic rings. The molecule has 0 aliphatic carbocycles. The zero-order valence-corrected chi connectivity index (χ0v) is 78.2. The number of nitrogens with one attached hydrogen (secondary N) is 1. The van der Waals surface area contributed by atoms with Gasteiger partial charge in [-0.05, 0) is 82.4 Å². The van der Waals surface area contributed by atoms with Crippen LogP contribution < -0.4 is 10.2 Å². The molecule has 0 spiro atoms. The number of amides is 2. The molecule has 2 amide bonds. The van der Waals surface area contributed by atoms with Gasteiger partial charge in [-0.25, -0.2) is 4.57 Å². The number of unbranched alkanes of at least 4 members (excludes halogenated alkanes) is 54. The fourth-order valence-electron chi connectivity index (χ4n) is 16.6. The van der Waals surface area contributed by atoms with E-state index < -0.39 is 93.6 Å². The molecule has 2 unspecified atom stereocenters. The molecule has 1 heterocycles. The van der Waals surface area contributed by atoms with Crippen molar-refractivity contribution >= 4 is 49.2 Å². The van der Waals surface area contributed by atoms with Crippen LogP contribution in [0.15, 0.2) is 24.3 Å². The Morgan fingerprint density at radius 1 is 0.412 bits per heavy atom. The number of rotatable bonds is 85. The van der Waals surface area contributed by atoms with Crippen LogP contribution in [0.5, 0.6) is 0 Å². The molecule has 1 saturated heterocycles. The second-order valence-electron chi connectivity index (χ2n) is 35.2. The number of anilines is 1. The van der Waals surface area contributed by atoms with Gasteiger partial charge in [0.1, 0.15) is 36.6 Å². The summed E-state index contributed by atoms with van der Waals surface area (Å²) in [5.74, 6) is -3.12. The van der Waals surface area contributed by atoms with E-state index in [1.165, 1.54) is 199 Å². The number of hydrogen-bond acceptors (Lipinski definition) is 15. The second kappa shape index (κ2) is 77.6. The van der Waals surface area contributed by atoms with E-state index in [0.29, 0.717) is 57.1 Å². The Balaban J connectivity index is 2.71. The van der Waals surface area contributed by atoms with Gasteiger partial charge in [0, 0.05) is 31.5 Å². The fourth-order valence-corrected chi connectivity index (χ4v) is 17.1. The van der Waals surface area contributed by atoms with Gasteiger partial charge in [-0.15, -0.1) is 0 Å². The number of phosphoric ester groups is 1. The Hall–Kier alpha value is -3.97. The van der Waals surface area contributed by atoms with Crippen LogP contribution in [0.25, 0.3) is 0 Å². The molecule has 694 valence electrons. The van der Waals surface area contributed by atoms with Crippen molar-refractivity contribution in [2.45, 2.75) is 540 Å². The summed E-state index contributed by atoms with van der Waals surface area (Å²) in [6.45, 7) is 13.9. The first-order valence-corrected chi connectivity index (χ1v) is 51.5. The lowest BCUT2D eigenvalue weighted by atomic mass is 9.96. The Morgan fingerprint density at radius 2 is 0.723 bits per heavy atom. The molecule has 1 aromatic carbocycles. The third-order valence-corrected chi connectivity index (χ3v) is 24.4. The van der Waals surface area contributed by atoms with Crippen molar-refractivity contribution in [3.8, 4) is 0 Å². The Labute approximate surface area is 726 Å². The maximum absolute atomic E-state index is 15.2. The monoisotopic (exact) mass is 1700 g/mol. The standard InChI is InChI=1S/C99H181N2O17P/c1-8-14-20-26-32-38-41-47-53-59-65-74-92(105)113-86(71-62-56-50-44-35-29-23-17-11-4)80-90(103)100-96-98(117-95(108)82-88(73-64-58-52-46-37-31-25-19-13-6)115-94(107)76-67-61-55-49-43-40-34-28-22-16-10-3)97(118-119(109,110)111)89(83-102)116-99(96)112-78-77-101(85-70-68-69-84(7)79-85)91(104)81-87(72-63-57-51-45-36-30-24-18-12-5)114-93(106)75-66-60-54-48-42-39-33-27-21-15-9-2/h68-70,79,86-89,96-99,102H,8-67,71-78,80-83H2,1-7H3,(H,100,103)(H2,109,110,111)/t86-,87-,88-,89?,96+,97-,98?,99-/m1/s1. The summed E-state index contributed by atoms with van der Waals surface area (Å²) in [6.07, 6.45) is 57.3. The zero-order valence-electron chi connectivity index (χ0n) is 77.3. The SMILES string of the molecule is CCCCCCCCCCCCCC(=O)O[C@H](CCCCCCCCCCC)CC(=O)N[C@H]1C(OC(=O)C[C@@H](CCCCCCCCCCC)OC(=O)CCCCCCCCCCCCC)[C@H](OP(=O)(O)O)C(CO)O[C@H]1OCCN(C(=O)C[C@@H](CCCCCCCCCCC)OC(=O)CCCCCCCCCCCCC)c1cccc(C)c1. The van der Waals surface area contributed by atoms with Crippen molar-refractivity contribution < 1.29 is 81.2 Å². The first-order valence-electron chi connectivity index (χ1n) is 50.0. The maximum atomic E-state index is 15.2. The number of benzene rings is 1. The minimum absolute atomic E-state index is 0.113. The predicted molar refractivity (Wildman–Crippen MR) is 486 cm³/mol. The molecule has 1 aromatic rings. The number of phosphoric acid groups is 1.